The standard InChI is InChI=1S/C11H20O/c1-4-5-7-10(2)8-6-9-11(10,3)12/h4,12H,1,5-9H2,2-3H3. The highest BCUT2D eigenvalue weighted by Gasteiger charge is 2.46. The van der Waals surface area contributed by atoms with Gasteiger partial charge in [-0.3, -0.25) is 0 Å². The van der Waals surface area contributed by atoms with Crippen molar-refractivity contribution in [3.05, 3.63) is 12.7 Å². The molecule has 0 amide bonds. The van der Waals surface area contributed by atoms with Crippen LogP contribution in [0.4, 0.5) is 0 Å². The smallest absolute Gasteiger partial charge is 0.0673 e. The Kier molecular flexibility index (Phi) is 2.62. The summed E-state index contributed by atoms with van der Waals surface area (Å²) in [5.74, 6) is 0. The summed E-state index contributed by atoms with van der Waals surface area (Å²) in [6.07, 6.45) is 7.32. The molecule has 1 aliphatic rings. The molecule has 1 aliphatic carbocycles. The van der Waals surface area contributed by atoms with E-state index >= 15 is 0 Å². The van der Waals surface area contributed by atoms with Gasteiger partial charge in [0.1, 0.15) is 0 Å². The summed E-state index contributed by atoms with van der Waals surface area (Å²) in [6.45, 7) is 7.89. The van der Waals surface area contributed by atoms with Crippen molar-refractivity contribution in [1.29, 1.82) is 0 Å². The predicted octanol–water partition coefficient (Wildman–Crippen LogP) is 2.89. The lowest BCUT2D eigenvalue weighted by atomic mass is 9.74. The first-order chi connectivity index (χ1) is 5.52. The van der Waals surface area contributed by atoms with Gasteiger partial charge < -0.3 is 5.11 Å². The van der Waals surface area contributed by atoms with Gasteiger partial charge in [-0.2, -0.15) is 0 Å². The largest absolute Gasteiger partial charge is 0.390 e. The van der Waals surface area contributed by atoms with Crippen molar-refractivity contribution >= 4 is 0 Å². The van der Waals surface area contributed by atoms with Gasteiger partial charge in [0.15, 0.2) is 0 Å². The normalized spacial score (nSPS) is 41.6. The number of hydrogen-bond acceptors (Lipinski definition) is 1. The van der Waals surface area contributed by atoms with Gasteiger partial charge in [0.2, 0.25) is 0 Å². The lowest BCUT2D eigenvalue weighted by Crippen LogP contribution is -2.38. The number of hydrogen-bond donors (Lipinski definition) is 1. The average Bonchev–Trinajstić information content (AvgIpc) is 2.24. The van der Waals surface area contributed by atoms with E-state index in [2.05, 4.69) is 13.5 Å². The van der Waals surface area contributed by atoms with E-state index in [0.717, 1.165) is 25.7 Å². The summed E-state index contributed by atoms with van der Waals surface area (Å²) in [7, 11) is 0. The van der Waals surface area contributed by atoms with Gasteiger partial charge in [-0.05, 0) is 44.4 Å². The molecule has 1 nitrogen and oxygen atoms in total. The van der Waals surface area contributed by atoms with E-state index in [4.69, 9.17) is 0 Å². The van der Waals surface area contributed by atoms with Crippen LogP contribution in [0.3, 0.4) is 0 Å². The molecular weight excluding hydrogens is 148 g/mol. The maximum Gasteiger partial charge on any atom is 0.0673 e. The Hall–Kier alpha value is -0.300. The van der Waals surface area contributed by atoms with Crippen LogP contribution in [0.5, 0.6) is 0 Å². The monoisotopic (exact) mass is 168 g/mol. The molecule has 0 aromatic heterocycles. The van der Waals surface area contributed by atoms with E-state index in [1.165, 1.54) is 6.42 Å². The quantitative estimate of drug-likeness (QED) is 0.642. The zero-order valence-corrected chi connectivity index (χ0v) is 8.27. The molecule has 0 bridgehead atoms. The van der Waals surface area contributed by atoms with Gasteiger partial charge in [0, 0.05) is 0 Å². The molecule has 1 N–H and O–H groups in total. The second kappa shape index (κ2) is 3.21. The Morgan fingerprint density at radius 2 is 2.08 bits per heavy atom. The van der Waals surface area contributed by atoms with Gasteiger partial charge in [-0.15, -0.1) is 6.58 Å². The van der Waals surface area contributed by atoms with Gasteiger partial charge in [0.05, 0.1) is 5.60 Å². The molecule has 1 saturated carbocycles. The highest BCUT2D eigenvalue weighted by molar-refractivity contribution is 4.98. The van der Waals surface area contributed by atoms with E-state index < -0.39 is 5.60 Å². The number of rotatable bonds is 3. The SMILES string of the molecule is C=CCCC1(C)CCCC1(C)O. The third-order valence-corrected chi connectivity index (χ3v) is 3.59. The zero-order valence-electron chi connectivity index (χ0n) is 8.27. The summed E-state index contributed by atoms with van der Waals surface area (Å²) in [5, 5.41) is 10.1. The third-order valence-electron chi connectivity index (χ3n) is 3.59. The third kappa shape index (κ3) is 1.56. The van der Waals surface area contributed by atoms with Crippen LogP contribution in [-0.4, -0.2) is 10.7 Å². The number of allylic oxidation sites excluding steroid dienone is 1. The Bertz CT molecular complexity index is 172. The van der Waals surface area contributed by atoms with Crippen LogP contribution >= 0.6 is 0 Å². The van der Waals surface area contributed by atoms with Crippen molar-refractivity contribution in [2.45, 2.75) is 51.6 Å². The van der Waals surface area contributed by atoms with Crippen molar-refractivity contribution in [3.63, 3.8) is 0 Å². The first-order valence-corrected chi connectivity index (χ1v) is 4.85. The topological polar surface area (TPSA) is 20.2 Å². The minimum atomic E-state index is -0.448. The van der Waals surface area contributed by atoms with Crippen LogP contribution in [0.2, 0.25) is 0 Å². The summed E-state index contributed by atoms with van der Waals surface area (Å²) in [6, 6.07) is 0. The Balaban J connectivity index is 2.62. The Morgan fingerprint density at radius 3 is 2.50 bits per heavy atom. The number of aliphatic hydroxyl groups is 1. The molecule has 0 spiro atoms. The summed E-state index contributed by atoms with van der Waals surface area (Å²) >= 11 is 0. The molecular formula is C11H20O. The van der Waals surface area contributed by atoms with Crippen molar-refractivity contribution in [2.24, 2.45) is 5.41 Å². The minimum absolute atomic E-state index is 0.126. The Labute approximate surface area is 75.5 Å². The fourth-order valence-electron chi connectivity index (χ4n) is 2.21. The van der Waals surface area contributed by atoms with E-state index in [9.17, 15) is 5.11 Å². The van der Waals surface area contributed by atoms with Crippen molar-refractivity contribution in [2.75, 3.05) is 0 Å². The summed E-state index contributed by atoms with van der Waals surface area (Å²) in [5.41, 5.74) is -0.322. The average molecular weight is 168 g/mol. The fourth-order valence-corrected chi connectivity index (χ4v) is 2.21. The van der Waals surface area contributed by atoms with E-state index in [0.29, 0.717) is 0 Å². The van der Waals surface area contributed by atoms with Gasteiger partial charge in [0.25, 0.3) is 0 Å². The van der Waals surface area contributed by atoms with Crippen molar-refractivity contribution < 1.29 is 5.11 Å². The van der Waals surface area contributed by atoms with E-state index in [-0.39, 0.29) is 5.41 Å². The molecule has 2 atom stereocenters. The zero-order chi connectivity index (χ0) is 9.24. The minimum Gasteiger partial charge on any atom is -0.390 e. The first-order valence-electron chi connectivity index (χ1n) is 4.85. The maximum absolute atomic E-state index is 10.1. The molecule has 70 valence electrons. The second-order valence-corrected chi connectivity index (χ2v) is 4.52. The molecule has 0 aromatic rings. The highest BCUT2D eigenvalue weighted by atomic mass is 16.3. The summed E-state index contributed by atoms with van der Waals surface area (Å²) in [4.78, 5) is 0. The molecule has 2 unspecified atom stereocenters. The molecule has 0 heterocycles. The molecule has 12 heavy (non-hydrogen) atoms. The molecule has 0 aromatic carbocycles. The fraction of sp³-hybridized carbons (Fsp3) is 0.818. The van der Waals surface area contributed by atoms with Gasteiger partial charge in [-0.25, -0.2) is 0 Å². The van der Waals surface area contributed by atoms with Crippen LogP contribution < -0.4 is 0 Å². The van der Waals surface area contributed by atoms with Gasteiger partial charge in [-0.1, -0.05) is 13.0 Å². The molecule has 1 rings (SSSR count). The van der Waals surface area contributed by atoms with Crippen molar-refractivity contribution in [3.8, 4) is 0 Å². The first kappa shape index (κ1) is 9.79. The van der Waals surface area contributed by atoms with Crippen LogP contribution in [-0.2, 0) is 0 Å². The lowest BCUT2D eigenvalue weighted by Gasteiger charge is -2.36. The van der Waals surface area contributed by atoms with Crippen molar-refractivity contribution in [1.82, 2.24) is 0 Å². The summed E-state index contributed by atoms with van der Waals surface area (Å²) < 4.78 is 0. The molecule has 0 radical (unpaired) electrons. The van der Waals surface area contributed by atoms with Gasteiger partial charge >= 0.3 is 0 Å². The lowest BCUT2D eigenvalue weighted by molar-refractivity contribution is -0.0395. The molecule has 1 heteroatoms. The molecule has 0 aliphatic heterocycles. The van der Waals surface area contributed by atoms with Crippen LogP contribution in [0.25, 0.3) is 0 Å². The van der Waals surface area contributed by atoms with E-state index in [1.807, 2.05) is 13.0 Å². The van der Waals surface area contributed by atoms with Crippen LogP contribution in [0.15, 0.2) is 12.7 Å². The molecule has 1 fully saturated rings. The highest BCUT2D eigenvalue weighted by Crippen LogP contribution is 2.48. The van der Waals surface area contributed by atoms with Crippen LogP contribution in [0, 0.1) is 5.41 Å². The predicted molar refractivity (Wildman–Crippen MR) is 52.0 cm³/mol. The second-order valence-electron chi connectivity index (χ2n) is 4.52. The van der Waals surface area contributed by atoms with E-state index in [1.54, 1.807) is 0 Å². The maximum atomic E-state index is 10.1. The van der Waals surface area contributed by atoms with Crippen LogP contribution in [0.1, 0.15) is 46.0 Å². The molecule has 0 saturated heterocycles. The Morgan fingerprint density at radius 1 is 1.42 bits per heavy atom.